The summed E-state index contributed by atoms with van der Waals surface area (Å²) in [6.07, 6.45) is 2.72. The van der Waals surface area contributed by atoms with Gasteiger partial charge in [0.15, 0.2) is 0 Å². The highest BCUT2D eigenvalue weighted by Crippen LogP contribution is 2.25. The van der Waals surface area contributed by atoms with Crippen LogP contribution in [0.1, 0.15) is 16.7 Å². The Morgan fingerprint density at radius 1 is 1.16 bits per heavy atom. The molecule has 0 spiro atoms. The molecule has 3 aromatic rings. The van der Waals surface area contributed by atoms with Gasteiger partial charge in [-0.05, 0) is 43.7 Å². The number of aryl methyl sites for hydroxylation is 2. The first-order chi connectivity index (χ1) is 15.3. The molecule has 4 rings (SSSR count). The maximum Gasteiger partial charge on any atom is 0.267 e. The van der Waals surface area contributed by atoms with Gasteiger partial charge in [0.25, 0.3) is 5.56 Å². The van der Waals surface area contributed by atoms with E-state index in [1.807, 2.05) is 24.8 Å². The van der Waals surface area contributed by atoms with E-state index in [0.717, 1.165) is 17.2 Å². The van der Waals surface area contributed by atoms with E-state index in [9.17, 15) is 18.5 Å². The minimum atomic E-state index is -4.11. The standard InChI is InChI=1S/C23H22N4O4S/c1-16-5-7-18(8-6-16)32(29,30)19(15-24)14-20-22(26-10-12-31-13-11-26)25-21-17(2)4-3-9-27(21)23(20)28/h3-9,14H,10-13H2,1-2H3/b19-14+. The van der Waals surface area contributed by atoms with Crippen LogP contribution in [0, 0.1) is 25.2 Å². The SMILES string of the molecule is Cc1ccc(S(=O)(=O)/C(C#N)=C/c2c(N3CCOCC3)nc3c(C)cccn3c2=O)cc1. The van der Waals surface area contributed by atoms with Gasteiger partial charge < -0.3 is 9.64 Å². The summed E-state index contributed by atoms with van der Waals surface area (Å²) in [4.78, 5) is 19.5. The number of fused-ring (bicyclic) bond motifs is 1. The third-order valence-corrected chi connectivity index (χ3v) is 7.06. The third-order valence-electron chi connectivity index (χ3n) is 5.38. The second kappa shape index (κ2) is 8.57. The Hall–Kier alpha value is -3.48. The first kappa shape index (κ1) is 21.7. The Labute approximate surface area is 185 Å². The Morgan fingerprint density at radius 2 is 1.84 bits per heavy atom. The van der Waals surface area contributed by atoms with E-state index in [2.05, 4.69) is 0 Å². The predicted octanol–water partition coefficient (Wildman–Crippen LogP) is 2.49. The Bertz CT molecular complexity index is 1410. The average Bonchev–Trinajstić information content (AvgIpc) is 2.79. The normalized spacial score (nSPS) is 15.0. The fraction of sp³-hybridized carbons (Fsp3) is 0.261. The molecule has 164 valence electrons. The smallest absolute Gasteiger partial charge is 0.267 e. The fourth-order valence-electron chi connectivity index (χ4n) is 3.59. The molecule has 1 aromatic carbocycles. The maximum atomic E-state index is 13.4. The molecule has 0 unspecified atom stereocenters. The fourth-order valence-corrected chi connectivity index (χ4v) is 4.73. The van der Waals surface area contributed by atoms with Gasteiger partial charge in [-0.2, -0.15) is 5.26 Å². The molecule has 0 atom stereocenters. The molecule has 0 radical (unpaired) electrons. The quantitative estimate of drug-likeness (QED) is 0.562. The zero-order valence-corrected chi connectivity index (χ0v) is 18.6. The summed E-state index contributed by atoms with van der Waals surface area (Å²) in [6.45, 7) is 5.62. The number of allylic oxidation sites excluding steroid dienone is 1. The molecule has 9 heteroatoms. The van der Waals surface area contributed by atoms with Gasteiger partial charge in [0.05, 0.1) is 23.7 Å². The molecule has 0 bridgehead atoms. The number of aromatic nitrogens is 2. The molecule has 8 nitrogen and oxygen atoms in total. The topological polar surface area (TPSA) is 105 Å². The molecule has 2 aromatic heterocycles. The molecule has 0 saturated carbocycles. The van der Waals surface area contributed by atoms with Crippen molar-refractivity contribution in [1.29, 1.82) is 5.26 Å². The number of nitriles is 1. The second-order valence-corrected chi connectivity index (χ2v) is 9.49. The van der Waals surface area contributed by atoms with Crippen LogP contribution >= 0.6 is 0 Å². The highest BCUT2D eigenvalue weighted by atomic mass is 32.2. The summed E-state index contributed by atoms with van der Waals surface area (Å²) in [5, 5.41) is 9.73. The molecule has 32 heavy (non-hydrogen) atoms. The van der Waals surface area contributed by atoms with Crippen LogP contribution in [0.25, 0.3) is 11.7 Å². The minimum absolute atomic E-state index is 0.00600. The maximum absolute atomic E-state index is 13.4. The second-order valence-electron chi connectivity index (χ2n) is 7.58. The van der Waals surface area contributed by atoms with Crippen molar-refractivity contribution in [2.45, 2.75) is 18.7 Å². The molecule has 0 N–H and O–H groups in total. The van der Waals surface area contributed by atoms with Gasteiger partial charge in [0, 0.05) is 19.3 Å². The lowest BCUT2D eigenvalue weighted by Crippen LogP contribution is -2.38. The van der Waals surface area contributed by atoms with E-state index in [-0.39, 0.29) is 10.5 Å². The monoisotopic (exact) mass is 450 g/mol. The number of anilines is 1. The summed E-state index contributed by atoms with van der Waals surface area (Å²) in [6, 6.07) is 11.6. The lowest BCUT2D eigenvalue weighted by atomic mass is 10.2. The van der Waals surface area contributed by atoms with Crippen LogP contribution in [-0.2, 0) is 14.6 Å². The number of pyridine rings is 1. The molecular weight excluding hydrogens is 428 g/mol. The Balaban J connectivity index is 1.96. The predicted molar refractivity (Wildman–Crippen MR) is 121 cm³/mol. The highest BCUT2D eigenvalue weighted by Gasteiger charge is 2.25. The molecular formula is C23H22N4O4S. The Kier molecular flexibility index (Phi) is 5.82. The van der Waals surface area contributed by atoms with Gasteiger partial charge in [-0.25, -0.2) is 13.4 Å². The Morgan fingerprint density at radius 3 is 2.50 bits per heavy atom. The first-order valence-electron chi connectivity index (χ1n) is 10.1. The van der Waals surface area contributed by atoms with Crippen LogP contribution in [0.2, 0.25) is 0 Å². The van der Waals surface area contributed by atoms with Gasteiger partial charge in [0.2, 0.25) is 9.84 Å². The zero-order chi connectivity index (χ0) is 22.9. The van der Waals surface area contributed by atoms with Crippen molar-refractivity contribution in [2.24, 2.45) is 0 Å². The van der Waals surface area contributed by atoms with Crippen LogP contribution < -0.4 is 10.5 Å². The van der Waals surface area contributed by atoms with Crippen molar-refractivity contribution in [3.63, 3.8) is 0 Å². The molecule has 1 aliphatic rings. The average molecular weight is 451 g/mol. The summed E-state index contributed by atoms with van der Waals surface area (Å²) in [7, 11) is -4.11. The molecule has 0 amide bonds. The molecule has 1 saturated heterocycles. The molecule has 1 aliphatic heterocycles. The zero-order valence-electron chi connectivity index (χ0n) is 17.8. The number of morpholine rings is 1. The molecule has 3 heterocycles. The van der Waals surface area contributed by atoms with Crippen molar-refractivity contribution in [3.8, 4) is 6.07 Å². The first-order valence-corrected chi connectivity index (χ1v) is 11.6. The minimum Gasteiger partial charge on any atom is -0.378 e. The highest BCUT2D eigenvalue weighted by molar-refractivity contribution is 7.95. The third kappa shape index (κ3) is 3.90. The van der Waals surface area contributed by atoms with Crippen LogP contribution in [0.15, 0.2) is 57.2 Å². The van der Waals surface area contributed by atoms with Crippen molar-refractivity contribution < 1.29 is 13.2 Å². The molecule has 0 aliphatic carbocycles. The van der Waals surface area contributed by atoms with E-state index < -0.39 is 20.3 Å². The number of rotatable bonds is 4. The van der Waals surface area contributed by atoms with Gasteiger partial charge >= 0.3 is 0 Å². The van der Waals surface area contributed by atoms with Gasteiger partial charge in [-0.1, -0.05) is 23.8 Å². The van der Waals surface area contributed by atoms with E-state index in [1.165, 1.54) is 16.5 Å². The van der Waals surface area contributed by atoms with Crippen LogP contribution in [-0.4, -0.2) is 44.1 Å². The van der Waals surface area contributed by atoms with E-state index >= 15 is 0 Å². The number of hydrogen-bond donors (Lipinski definition) is 0. The van der Waals surface area contributed by atoms with Crippen molar-refractivity contribution in [1.82, 2.24) is 9.38 Å². The van der Waals surface area contributed by atoms with Crippen LogP contribution in [0.5, 0.6) is 0 Å². The molecule has 1 fully saturated rings. The van der Waals surface area contributed by atoms with Gasteiger partial charge in [-0.3, -0.25) is 9.20 Å². The number of ether oxygens (including phenoxy) is 1. The summed E-state index contributed by atoms with van der Waals surface area (Å²) in [5.41, 5.74) is 1.81. The number of hydrogen-bond acceptors (Lipinski definition) is 7. The van der Waals surface area contributed by atoms with E-state index in [1.54, 1.807) is 30.5 Å². The van der Waals surface area contributed by atoms with Gasteiger partial charge in [-0.15, -0.1) is 0 Å². The number of sulfone groups is 1. The van der Waals surface area contributed by atoms with Gasteiger partial charge in [0.1, 0.15) is 22.4 Å². The summed E-state index contributed by atoms with van der Waals surface area (Å²) < 4.78 is 33.1. The number of nitrogens with zero attached hydrogens (tertiary/aromatic N) is 4. The van der Waals surface area contributed by atoms with E-state index in [4.69, 9.17) is 9.72 Å². The summed E-state index contributed by atoms with van der Waals surface area (Å²) >= 11 is 0. The largest absolute Gasteiger partial charge is 0.378 e. The van der Waals surface area contributed by atoms with Crippen LogP contribution in [0.3, 0.4) is 0 Å². The van der Waals surface area contributed by atoms with Crippen molar-refractivity contribution >= 4 is 27.4 Å². The van der Waals surface area contributed by atoms with Crippen molar-refractivity contribution in [3.05, 3.63) is 74.5 Å². The summed E-state index contributed by atoms with van der Waals surface area (Å²) in [5.74, 6) is 0.347. The lowest BCUT2D eigenvalue weighted by Gasteiger charge is -2.29. The number of benzene rings is 1. The van der Waals surface area contributed by atoms with Crippen molar-refractivity contribution in [2.75, 3.05) is 31.2 Å². The lowest BCUT2D eigenvalue weighted by molar-refractivity contribution is 0.122. The van der Waals surface area contributed by atoms with Crippen LogP contribution in [0.4, 0.5) is 5.82 Å². The van der Waals surface area contributed by atoms with E-state index in [0.29, 0.717) is 37.8 Å².